The summed E-state index contributed by atoms with van der Waals surface area (Å²) in [7, 11) is 0. The third-order valence-corrected chi connectivity index (χ3v) is 17.6. The normalized spacial score (nSPS) is 42.8. The first-order valence-electron chi connectivity index (χ1n) is 23.2. The maximum Gasteiger partial charge on any atom is 0.312 e. The summed E-state index contributed by atoms with van der Waals surface area (Å²) in [5.74, 6) is 4.66. The van der Waals surface area contributed by atoms with Crippen LogP contribution in [0.5, 0.6) is 0 Å². The van der Waals surface area contributed by atoms with Gasteiger partial charge >= 0.3 is 23.9 Å². The van der Waals surface area contributed by atoms with Gasteiger partial charge in [0.15, 0.2) is 0 Å². The second-order valence-electron chi connectivity index (χ2n) is 22.7. The van der Waals surface area contributed by atoms with Crippen molar-refractivity contribution >= 4 is 23.9 Å². The molecule has 0 aromatic carbocycles. The predicted octanol–water partition coefficient (Wildman–Crippen LogP) is 9.54. The first-order valence-corrected chi connectivity index (χ1v) is 23.2. The van der Waals surface area contributed by atoms with E-state index in [-0.39, 0.29) is 58.6 Å². The van der Waals surface area contributed by atoms with Gasteiger partial charge in [-0.25, -0.2) is 0 Å². The molecular formula is C48H76O9. The zero-order valence-electron chi connectivity index (χ0n) is 37.1. The minimum Gasteiger partial charge on any atom is -0.459 e. The topological polar surface area (TPSA) is 125 Å². The number of fused-ring (bicyclic) bond motifs is 1. The Balaban J connectivity index is 0.000000131. The Bertz CT molecular complexity index is 1520. The van der Waals surface area contributed by atoms with Crippen molar-refractivity contribution in [3.8, 4) is 0 Å². The molecule has 0 aromatic rings. The molecule has 0 spiro atoms. The Morgan fingerprint density at radius 2 is 1.16 bits per heavy atom. The fraction of sp³-hybridized carbons (Fsp3) is 0.917. The highest BCUT2D eigenvalue weighted by Crippen LogP contribution is 2.62. The quantitative estimate of drug-likeness (QED) is 0.170. The molecule has 57 heavy (non-hydrogen) atoms. The molecule has 1 heterocycles. The van der Waals surface area contributed by atoms with Crippen molar-refractivity contribution < 1.29 is 43.2 Å². The van der Waals surface area contributed by atoms with E-state index in [4.69, 9.17) is 18.9 Å². The zero-order valence-corrected chi connectivity index (χ0v) is 37.1. The van der Waals surface area contributed by atoms with Crippen molar-refractivity contribution in [2.75, 3.05) is 0 Å². The summed E-state index contributed by atoms with van der Waals surface area (Å²) in [6, 6.07) is 0. The molecule has 0 amide bonds. The van der Waals surface area contributed by atoms with Gasteiger partial charge in [-0.1, -0.05) is 27.7 Å². The largest absolute Gasteiger partial charge is 0.459 e. The van der Waals surface area contributed by atoms with E-state index in [1.54, 1.807) is 0 Å². The molecule has 10 bridgehead atoms. The van der Waals surface area contributed by atoms with Crippen LogP contribution in [-0.4, -0.2) is 58.0 Å². The molecule has 322 valence electrons. The number of carbonyl (C=O) groups excluding carboxylic acids is 4. The van der Waals surface area contributed by atoms with Gasteiger partial charge in [-0.3, -0.25) is 19.2 Å². The third-order valence-electron chi connectivity index (χ3n) is 17.6. The van der Waals surface area contributed by atoms with Crippen LogP contribution in [0.25, 0.3) is 0 Å². The average molecular weight is 797 g/mol. The lowest BCUT2D eigenvalue weighted by Gasteiger charge is -2.60. The van der Waals surface area contributed by atoms with E-state index in [1.807, 2.05) is 55.4 Å². The van der Waals surface area contributed by atoms with E-state index in [0.29, 0.717) is 41.9 Å². The lowest BCUT2D eigenvalue weighted by Crippen LogP contribution is -2.61. The van der Waals surface area contributed by atoms with Crippen molar-refractivity contribution in [2.24, 2.45) is 69.5 Å². The fourth-order valence-corrected chi connectivity index (χ4v) is 13.5. The van der Waals surface area contributed by atoms with Crippen LogP contribution in [-0.2, 0) is 38.1 Å². The van der Waals surface area contributed by atoms with E-state index in [1.165, 1.54) is 38.5 Å². The molecule has 1 N–H and O–H groups in total. The summed E-state index contributed by atoms with van der Waals surface area (Å²) >= 11 is 0. The van der Waals surface area contributed by atoms with Crippen molar-refractivity contribution in [2.45, 2.75) is 207 Å². The highest BCUT2D eigenvalue weighted by Gasteiger charge is 2.64. The van der Waals surface area contributed by atoms with Crippen LogP contribution in [0.3, 0.4) is 0 Å². The summed E-state index contributed by atoms with van der Waals surface area (Å²) in [5, 5.41) is 10.6. The van der Waals surface area contributed by atoms with Crippen LogP contribution in [0.2, 0.25) is 0 Å². The maximum absolute atomic E-state index is 12.6. The molecular weight excluding hydrogens is 721 g/mol. The van der Waals surface area contributed by atoms with E-state index < -0.39 is 16.4 Å². The van der Waals surface area contributed by atoms with E-state index >= 15 is 0 Å². The van der Waals surface area contributed by atoms with Crippen LogP contribution < -0.4 is 0 Å². The number of aliphatic hydroxyl groups is 1. The predicted molar refractivity (Wildman–Crippen MR) is 216 cm³/mol. The third kappa shape index (κ3) is 7.84. The number of esters is 4. The minimum absolute atomic E-state index is 0.0364. The number of carbonyl (C=O) groups is 4. The highest BCUT2D eigenvalue weighted by atomic mass is 16.6. The maximum atomic E-state index is 12.6. The van der Waals surface area contributed by atoms with Gasteiger partial charge in [-0.15, -0.1) is 0 Å². The van der Waals surface area contributed by atoms with Gasteiger partial charge < -0.3 is 24.1 Å². The van der Waals surface area contributed by atoms with E-state index in [9.17, 15) is 24.3 Å². The Hall–Kier alpha value is -2.16. The highest BCUT2D eigenvalue weighted by molar-refractivity contribution is 5.79. The van der Waals surface area contributed by atoms with Gasteiger partial charge in [0.2, 0.25) is 0 Å². The first kappa shape index (κ1) is 42.9. The molecule has 9 nitrogen and oxygen atoms in total. The Labute approximate surface area is 343 Å². The molecule has 9 heteroatoms. The molecule has 11 rings (SSSR count). The summed E-state index contributed by atoms with van der Waals surface area (Å²) in [6.07, 6.45) is 17.2. The second kappa shape index (κ2) is 15.1. The Kier molecular flexibility index (Phi) is 11.4. The zero-order chi connectivity index (χ0) is 41.5. The summed E-state index contributed by atoms with van der Waals surface area (Å²) in [5.41, 5.74) is -2.24. The van der Waals surface area contributed by atoms with Crippen LogP contribution in [0, 0.1) is 69.5 Å². The van der Waals surface area contributed by atoms with Gasteiger partial charge in [0.05, 0.1) is 27.8 Å². The Morgan fingerprint density at radius 3 is 1.65 bits per heavy atom. The number of hydrogen-bond donors (Lipinski definition) is 1. The second-order valence-corrected chi connectivity index (χ2v) is 22.7. The summed E-state index contributed by atoms with van der Waals surface area (Å²) in [6.45, 7) is 20.0. The molecule has 11 aliphatic rings. The van der Waals surface area contributed by atoms with Crippen LogP contribution >= 0.6 is 0 Å². The van der Waals surface area contributed by atoms with Gasteiger partial charge in [0, 0.05) is 18.3 Å². The van der Waals surface area contributed by atoms with Gasteiger partial charge in [-0.2, -0.15) is 0 Å². The molecule has 0 aromatic heterocycles. The number of rotatable bonds is 10. The molecule has 11 fully saturated rings. The Morgan fingerprint density at radius 1 is 0.667 bits per heavy atom. The molecule has 1 saturated heterocycles. The van der Waals surface area contributed by atoms with Crippen molar-refractivity contribution in [3.05, 3.63) is 0 Å². The molecule has 7 atom stereocenters. The van der Waals surface area contributed by atoms with Crippen LogP contribution in [0.15, 0.2) is 0 Å². The lowest BCUT2D eigenvalue weighted by atomic mass is 9.49. The molecule has 10 aliphatic carbocycles. The first-order chi connectivity index (χ1) is 26.6. The van der Waals surface area contributed by atoms with Crippen LogP contribution in [0.1, 0.15) is 178 Å². The molecule has 0 radical (unpaired) electrons. The van der Waals surface area contributed by atoms with Gasteiger partial charge in [0.25, 0.3) is 0 Å². The lowest BCUT2D eigenvalue weighted by molar-refractivity contribution is -0.225. The van der Waals surface area contributed by atoms with Gasteiger partial charge in [0.1, 0.15) is 23.4 Å². The smallest absolute Gasteiger partial charge is 0.312 e. The monoisotopic (exact) mass is 797 g/mol. The summed E-state index contributed by atoms with van der Waals surface area (Å²) in [4.78, 5) is 48.7. The SMILES string of the molecule is CCC(C)(C)C(=O)OC1(CC)C2CC3CC(C2)CC1C3.CCC(C)(C)C(=O)OC12CC3CC(CC(O)(C3)C1)C2.CCC(C)(C)C(=O)OC1C2CC3C(=O)OC1C3C2. The van der Waals surface area contributed by atoms with Crippen molar-refractivity contribution in [1.29, 1.82) is 0 Å². The van der Waals surface area contributed by atoms with Crippen molar-refractivity contribution in [3.63, 3.8) is 0 Å². The van der Waals surface area contributed by atoms with Gasteiger partial charge in [-0.05, 0) is 180 Å². The van der Waals surface area contributed by atoms with Crippen LogP contribution in [0.4, 0.5) is 0 Å². The molecule has 1 aliphatic heterocycles. The molecule has 7 unspecified atom stereocenters. The van der Waals surface area contributed by atoms with Crippen molar-refractivity contribution in [1.82, 2.24) is 0 Å². The number of ether oxygens (including phenoxy) is 4. The fourth-order valence-electron chi connectivity index (χ4n) is 13.5. The minimum atomic E-state index is -0.555. The van der Waals surface area contributed by atoms with E-state index in [0.717, 1.165) is 76.0 Å². The van der Waals surface area contributed by atoms with E-state index in [2.05, 4.69) is 13.8 Å². The summed E-state index contributed by atoms with van der Waals surface area (Å²) < 4.78 is 23.3. The average Bonchev–Trinajstić information content (AvgIpc) is 3.77. The number of hydrogen-bond acceptors (Lipinski definition) is 9. The standard InChI is InChI=1S/C18H30O2.C16H26O3.C14H20O4/c1-5-17(3,4)16(19)20-18(6-2)14-8-12-7-13(10-14)11-15(18)9-12;1-4-14(2,3)13(17)19-16-8-11-5-12(9-16)7-15(18,6-11)10-16;1-4-14(2,3)13(16)18-10-7-5-8-9(6-7)12(15)17-11(8)10/h12-15H,5-11H2,1-4H3;11-12,18H,4-10H2,1-3H3;7-11H,4-6H2,1-3H3. The molecule has 10 saturated carbocycles.